The Kier molecular flexibility index (Phi) is 3.98. The number of Topliss-reactive ketones (excluding diaryl/α,β-unsaturated/α-hetero) is 1. The molecule has 0 spiro atoms. The van der Waals surface area contributed by atoms with E-state index in [0.29, 0.717) is 11.8 Å². The Morgan fingerprint density at radius 3 is 2.56 bits per heavy atom. The van der Waals surface area contributed by atoms with E-state index in [9.17, 15) is 4.79 Å². The molecule has 92 valence electrons. The standard InChI is InChI=1S/C13H24N2O/c1-14-8-7-11(9-14)10-15(2)12-3-5-13(16)6-4-12/h11-12H,3-10H2,1-2H3. The molecule has 1 unspecified atom stereocenters. The number of ketones is 1. The van der Waals surface area contributed by atoms with E-state index >= 15 is 0 Å². The van der Waals surface area contributed by atoms with Crippen molar-refractivity contribution < 1.29 is 4.79 Å². The molecule has 1 aliphatic heterocycles. The molecule has 0 aromatic heterocycles. The highest BCUT2D eigenvalue weighted by Crippen LogP contribution is 2.22. The van der Waals surface area contributed by atoms with Gasteiger partial charge in [0.2, 0.25) is 0 Å². The Bertz CT molecular complexity index is 244. The first-order chi connectivity index (χ1) is 7.65. The fourth-order valence-electron chi connectivity index (χ4n) is 3.10. The van der Waals surface area contributed by atoms with E-state index in [1.165, 1.54) is 26.1 Å². The van der Waals surface area contributed by atoms with Crippen molar-refractivity contribution in [1.29, 1.82) is 0 Å². The zero-order chi connectivity index (χ0) is 11.5. The molecule has 2 fully saturated rings. The number of nitrogens with zero attached hydrogens (tertiary/aromatic N) is 2. The van der Waals surface area contributed by atoms with Crippen molar-refractivity contribution in [2.45, 2.75) is 38.1 Å². The van der Waals surface area contributed by atoms with Crippen LogP contribution in [0.3, 0.4) is 0 Å². The van der Waals surface area contributed by atoms with Crippen LogP contribution in [0.5, 0.6) is 0 Å². The molecule has 3 nitrogen and oxygen atoms in total. The highest BCUT2D eigenvalue weighted by atomic mass is 16.1. The molecule has 1 saturated heterocycles. The SMILES string of the molecule is CN1CCC(CN(C)C2CCC(=O)CC2)C1. The zero-order valence-electron chi connectivity index (χ0n) is 10.6. The van der Waals surface area contributed by atoms with E-state index < -0.39 is 0 Å². The molecule has 1 atom stereocenters. The molecular weight excluding hydrogens is 200 g/mol. The van der Waals surface area contributed by atoms with Crippen molar-refractivity contribution in [3.63, 3.8) is 0 Å². The molecule has 0 amide bonds. The Hall–Kier alpha value is -0.410. The first kappa shape index (κ1) is 12.1. The third kappa shape index (κ3) is 3.05. The summed E-state index contributed by atoms with van der Waals surface area (Å²) in [6.07, 6.45) is 5.11. The number of hydrogen-bond donors (Lipinski definition) is 0. The molecule has 0 aromatic carbocycles. The van der Waals surface area contributed by atoms with Gasteiger partial charge in [-0.15, -0.1) is 0 Å². The van der Waals surface area contributed by atoms with Crippen molar-refractivity contribution in [2.75, 3.05) is 33.7 Å². The van der Waals surface area contributed by atoms with Crippen LogP contribution in [0, 0.1) is 5.92 Å². The molecule has 1 heterocycles. The molecule has 1 saturated carbocycles. The van der Waals surface area contributed by atoms with Gasteiger partial charge in [0.1, 0.15) is 5.78 Å². The predicted octanol–water partition coefficient (Wildman–Crippen LogP) is 1.38. The fourth-order valence-corrected chi connectivity index (χ4v) is 3.10. The first-order valence-electron chi connectivity index (χ1n) is 6.55. The summed E-state index contributed by atoms with van der Waals surface area (Å²) in [7, 11) is 4.44. The van der Waals surface area contributed by atoms with E-state index in [-0.39, 0.29) is 0 Å². The minimum Gasteiger partial charge on any atom is -0.306 e. The summed E-state index contributed by atoms with van der Waals surface area (Å²) < 4.78 is 0. The largest absolute Gasteiger partial charge is 0.306 e. The van der Waals surface area contributed by atoms with Crippen molar-refractivity contribution in [2.24, 2.45) is 5.92 Å². The van der Waals surface area contributed by atoms with Crippen LogP contribution in [0.4, 0.5) is 0 Å². The maximum Gasteiger partial charge on any atom is 0.133 e. The van der Waals surface area contributed by atoms with Gasteiger partial charge in [0.05, 0.1) is 0 Å². The molecule has 2 rings (SSSR count). The second-order valence-electron chi connectivity index (χ2n) is 5.63. The second-order valence-corrected chi connectivity index (χ2v) is 5.63. The van der Waals surface area contributed by atoms with Crippen molar-refractivity contribution in [1.82, 2.24) is 9.80 Å². The fraction of sp³-hybridized carbons (Fsp3) is 0.923. The summed E-state index contributed by atoms with van der Waals surface area (Å²) in [6.45, 7) is 3.71. The minimum atomic E-state index is 0.463. The lowest BCUT2D eigenvalue weighted by Gasteiger charge is -2.32. The summed E-state index contributed by atoms with van der Waals surface area (Å²) in [5.41, 5.74) is 0. The highest BCUT2D eigenvalue weighted by Gasteiger charge is 2.26. The number of carbonyl (C=O) groups excluding carboxylic acids is 1. The van der Waals surface area contributed by atoms with E-state index in [4.69, 9.17) is 0 Å². The second kappa shape index (κ2) is 5.28. The summed E-state index contributed by atoms with van der Waals surface area (Å²) in [4.78, 5) is 16.1. The van der Waals surface area contributed by atoms with Gasteiger partial charge in [-0.3, -0.25) is 4.79 Å². The van der Waals surface area contributed by atoms with Gasteiger partial charge in [0.25, 0.3) is 0 Å². The Morgan fingerprint density at radius 2 is 2.00 bits per heavy atom. The van der Waals surface area contributed by atoms with Gasteiger partial charge >= 0.3 is 0 Å². The van der Waals surface area contributed by atoms with Gasteiger partial charge in [0, 0.05) is 32.0 Å². The van der Waals surface area contributed by atoms with Crippen LogP contribution in [0.1, 0.15) is 32.1 Å². The van der Waals surface area contributed by atoms with Crippen LogP contribution in [0.2, 0.25) is 0 Å². The van der Waals surface area contributed by atoms with Crippen LogP contribution in [0.15, 0.2) is 0 Å². The summed E-state index contributed by atoms with van der Waals surface area (Å²) in [5, 5.41) is 0. The number of carbonyl (C=O) groups is 1. The Labute approximate surface area is 98.8 Å². The van der Waals surface area contributed by atoms with Gasteiger partial charge < -0.3 is 9.80 Å². The average molecular weight is 224 g/mol. The van der Waals surface area contributed by atoms with Crippen molar-refractivity contribution >= 4 is 5.78 Å². The maximum absolute atomic E-state index is 11.2. The van der Waals surface area contributed by atoms with Gasteiger partial charge in [-0.1, -0.05) is 0 Å². The lowest BCUT2D eigenvalue weighted by molar-refractivity contribution is -0.121. The van der Waals surface area contributed by atoms with E-state index in [0.717, 1.165) is 31.6 Å². The molecule has 16 heavy (non-hydrogen) atoms. The van der Waals surface area contributed by atoms with Crippen LogP contribution >= 0.6 is 0 Å². The molecular formula is C13H24N2O. The zero-order valence-corrected chi connectivity index (χ0v) is 10.6. The minimum absolute atomic E-state index is 0.463. The molecule has 3 heteroatoms. The molecule has 1 aliphatic carbocycles. The maximum atomic E-state index is 11.2. The Balaban J connectivity index is 1.75. The summed E-state index contributed by atoms with van der Waals surface area (Å²) >= 11 is 0. The molecule has 2 aliphatic rings. The number of hydrogen-bond acceptors (Lipinski definition) is 3. The van der Waals surface area contributed by atoms with Crippen molar-refractivity contribution in [3.05, 3.63) is 0 Å². The smallest absolute Gasteiger partial charge is 0.133 e. The quantitative estimate of drug-likeness (QED) is 0.723. The Morgan fingerprint density at radius 1 is 1.31 bits per heavy atom. The molecule has 0 N–H and O–H groups in total. The predicted molar refractivity (Wildman–Crippen MR) is 65.5 cm³/mol. The molecule has 0 bridgehead atoms. The van der Waals surface area contributed by atoms with E-state index in [1.54, 1.807) is 0 Å². The van der Waals surface area contributed by atoms with Gasteiger partial charge in [-0.2, -0.15) is 0 Å². The highest BCUT2D eigenvalue weighted by molar-refractivity contribution is 5.79. The summed E-state index contributed by atoms with van der Waals surface area (Å²) in [6, 6.07) is 0.656. The lowest BCUT2D eigenvalue weighted by Crippen LogP contribution is -2.38. The monoisotopic (exact) mass is 224 g/mol. The summed E-state index contributed by atoms with van der Waals surface area (Å²) in [5.74, 6) is 1.30. The third-order valence-electron chi connectivity index (χ3n) is 4.17. The van der Waals surface area contributed by atoms with Gasteiger partial charge in [-0.25, -0.2) is 0 Å². The molecule has 0 radical (unpaired) electrons. The normalized spacial score (nSPS) is 29.2. The lowest BCUT2D eigenvalue weighted by atomic mass is 9.93. The van der Waals surface area contributed by atoms with E-state index in [1.807, 2.05) is 0 Å². The van der Waals surface area contributed by atoms with Crippen LogP contribution in [-0.2, 0) is 4.79 Å². The van der Waals surface area contributed by atoms with Crippen molar-refractivity contribution in [3.8, 4) is 0 Å². The van der Waals surface area contributed by atoms with Gasteiger partial charge in [0.15, 0.2) is 0 Å². The van der Waals surface area contributed by atoms with Crippen LogP contribution in [-0.4, -0.2) is 55.4 Å². The molecule has 0 aromatic rings. The number of likely N-dealkylation sites (tertiary alicyclic amines) is 1. The van der Waals surface area contributed by atoms with E-state index in [2.05, 4.69) is 23.9 Å². The van der Waals surface area contributed by atoms with Gasteiger partial charge in [-0.05, 0) is 45.8 Å². The topological polar surface area (TPSA) is 23.6 Å². The first-order valence-corrected chi connectivity index (χ1v) is 6.55. The third-order valence-corrected chi connectivity index (χ3v) is 4.17. The van der Waals surface area contributed by atoms with Crippen LogP contribution < -0.4 is 0 Å². The average Bonchev–Trinajstić information content (AvgIpc) is 2.65. The van der Waals surface area contributed by atoms with Crippen LogP contribution in [0.25, 0.3) is 0 Å². The number of rotatable bonds is 3.